The highest BCUT2D eigenvalue weighted by Crippen LogP contribution is 2.33. The van der Waals surface area contributed by atoms with E-state index in [1.165, 1.54) is 16.7 Å². The molecule has 33 heavy (non-hydrogen) atoms. The van der Waals surface area contributed by atoms with Crippen LogP contribution in [0.15, 0.2) is 78.9 Å². The van der Waals surface area contributed by atoms with E-state index in [9.17, 15) is 10.1 Å². The van der Waals surface area contributed by atoms with E-state index in [0.717, 1.165) is 51.6 Å². The molecule has 0 aromatic heterocycles. The number of piperazine rings is 1. The summed E-state index contributed by atoms with van der Waals surface area (Å²) in [7, 11) is 0. The van der Waals surface area contributed by atoms with Gasteiger partial charge in [0.1, 0.15) is 0 Å². The maximum Gasteiger partial charge on any atom is 0.269 e. The second-order valence-electron chi connectivity index (χ2n) is 8.75. The van der Waals surface area contributed by atoms with E-state index in [1.807, 2.05) is 18.2 Å². The molecule has 0 radical (unpaired) electrons. The van der Waals surface area contributed by atoms with Gasteiger partial charge < -0.3 is 15.5 Å². The van der Waals surface area contributed by atoms with Crippen molar-refractivity contribution in [1.29, 1.82) is 0 Å². The number of hydrogen-bond acceptors (Lipinski definition) is 6. The molecule has 0 aliphatic carbocycles. The van der Waals surface area contributed by atoms with Crippen LogP contribution in [-0.4, -0.2) is 55.8 Å². The van der Waals surface area contributed by atoms with Crippen molar-refractivity contribution in [2.75, 3.05) is 50.8 Å². The molecule has 0 unspecified atom stereocenters. The van der Waals surface area contributed by atoms with Gasteiger partial charge in [0.2, 0.25) is 0 Å². The van der Waals surface area contributed by atoms with Gasteiger partial charge in [0.05, 0.1) is 10.5 Å². The molecule has 0 bridgehead atoms. The van der Waals surface area contributed by atoms with E-state index in [1.54, 1.807) is 12.1 Å². The molecular weight excluding hydrogens is 414 g/mol. The zero-order valence-electron chi connectivity index (χ0n) is 18.6. The lowest BCUT2D eigenvalue weighted by Crippen LogP contribution is -2.66. The highest BCUT2D eigenvalue weighted by atomic mass is 16.6. The van der Waals surface area contributed by atoms with Crippen molar-refractivity contribution in [3.63, 3.8) is 0 Å². The Morgan fingerprint density at radius 3 is 1.97 bits per heavy atom. The summed E-state index contributed by atoms with van der Waals surface area (Å²) in [5, 5.41) is 18.0. The first kappa shape index (κ1) is 21.6. The van der Waals surface area contributed by atoms with Crippen LogP contribution in [0, 0.1) is 10.1 Å². The summed E-state index contributed by atoms with van der Waals surface area (Å²) < 4.78 is 0. The van der Waals surface area contributed by atoms with E-state index in [4.69, 9.17) is 0 Å². The summed E-state index contributed by atoms with van der Waals surface area (Å²) in [5.74, 6) is 0. The van der Waals surface area contributed by atoms with Crippen molar-refractivity contribution >= 4 is 11.4 Å². The maximum atomic E-state index is 11.0. The maximum absolute atomic E-state index is 11.0. The first-order chi connectivity index (χ1) is 16.2. The minimum atomic E-state index is -0.350. The number of nitro groups is 1. The summed E-state index contributed by atoms with van der Waals surface area (Å²) in [6.45, 7) is 6.28. The molecule has 2 fully saturated rings. The lowest BCUT2D eigenvalue weighted by Gasteiger charge is -2.50. The Morgan fingerprint density at radius 2 is 1.36 bits per heavy atom. The number of nitro benzene ring substituents is 1. The molecule has 5 rings (SSSR count). The molecular formula is C26H29N5O2. The van der Waals surface area contributed by atoms with Crippen LogP contribution in [0.3, 0.4) is 0 Å². The molecule has 2 saturated heterocycles. The van der Waals surface area contributed by atoms with Gasteiger partial charge >= 0.3 is 0 Å². The standard InChI is InChI=1S/C26H29N5O2/c32-31(33)25-12-10-24(11-13-25)29-14-16-30(17-15-29)26(18-27-20-28-19-26)23-8-6-22(7-9-23)21-4-2-1-3-5-21/h1-13,27-28H,14-20H2. The molecule has 2 N–H and O–H groups in total. The third-order valence-electron chi connectivity index (χ3n) is 6.92. The molecule has 3 aromatic carbocycles. The fraction of sp³-hybridized carbons (Fsp3) is 0.308. The smallest absolute Gasteiger partial charge is 0.269 e. The zero-order chi connectivity index (χ0) is 22.7. The molecule has 0 spiro atoms. The Labute approximate surface area is 194 Å². The van der Waals surface area contributed by atoms with Gasteiger partial charge in [0.25, 0.3) is 5.69 Å². The van der Waals surface area contributed by atoms with Crippen molar-refractivity contribution in [2.24, 2.45) is 0 Å². The van der Waals surface area contributed by atoms with Crippen molar-refractivity contribution in [1.82, 2.24) is 15.5 Å². The van der Waals surface area contributed by atoms with Crippen molar-refractivity contribution in [3.05, 3.63) is 94.5 Å². The Balaban J connectivity index is 1.34. The number of nitrogens with zero attached hydrogens (tertiary/aromatic N) is 3. The van der Waals surface area contributed by atoms with Crippen LogP contribution >= 0.6 is 0 Å². The Kier molecular flexibility index (Phi) is 6.09. The number of nitrogens with one attached hydrogen (secondary N) is 2. The fourth-order valence-electron chi connectivity index (χ4n) is 5.08. The molecule has 2 aliphatic heterocycles. The molecule has 0 amide bonds. The van der Waals surface area contributed by atoms with Gasteiger partial charge in [0.15, 0.2) is 0 Å². The second kappa shape index (κ2) is 9.31. The third-order valence-corrected chi connectivity index (χ3v) is 6.92. The molecule has 2 heterocycles. The van der Waals surface area contributed by atoms with Gasteiger partial charge in [-0.15, -0.1) is 0 Å². The van der Waals surface area contributed by atoms with Crippen LogP contribution in [0.2, 0.25) is 0 Å². The summed E-state index contributed by atoms with van der Waals surface area (Å²) in [6, 6.07) is 26.4. The second-order valence-corrected chi connectivity index (χ2v) is 8.75. The highest BCUT2D eigenvalue weighted by molar-refractivity contribution is 5.63. The highest BCUT2D eigenvalue weighted by Gasteiger charge is 2.41. The first-order valence-corrected chi connectivity index (χ1v) is 11.5. The summed E-state index contributed by atoms with van der Waals surface area (Å²) in [5.41, 5.74) is 4.86. The Hall–Kier alpha value is -3.26. The van der Waals surface area contributed by atoms with Crippen LogP contribution in [0.4, 0.5) is 11.4 Å². The van der Waals surface area contributed by atoms with Crippen LogP contribution in [0.5, 0.6) is 0 Å². The average Bonchev–Trinajstić information content (AvgIpc) is 2.90. The van der Waals surface area contributed by atoms with E-state index >= 15 is 0 Å². The quantitative estimate of drug-likeness (QED) is 0.465. The Morgan fingerprint density at radius 1 is 0.758 bits per heavy atom. The van der Waals surface area contributed by atoms with Crippen molar-refractivity contribution < 1.29 is 4.92 Å². The molecule has 7 heteroatoms. The number of anilines is 1. The summed E-state index contributed by atoms with van der Waals surface area (Å²) >= 11 is 0. The summed E-state index contributed by atoms with van der Waals surface area (Å²) in [6.07, 6.45) is 0. The molecule has 3 aromatic rings. The Bertz CT molecular complexity index is 1070. The van der Waals surface area contributed by atoms with Crippen LogP contribution < -0.4 is 15.5 Å². The number of non-ortho nitro benzene ring substituents is 1. The third kappa shape index (κ3) is 4.35. The number of benzene rings is 3. The largest absolute Gasteiger partial charge is 0.369 e. The fourth-order valence-corrected chi connectivity index (χ4v) is 5.08. The van der Waals surface area contributed by atoms with Gasteiger partial charge in [-0.1, -0.05) is 54.6 Å². The summed E-state index contributed by atoms with van der Waals surface area (Å²) in [4.78, 5) is 15.5. The van der Waals surface area contributed by atoms with Crippen molar-refractivity contribution in [2.45, 2.75) is 5.54 Å². The van der Waals surface area contributed by atoms with E-state index in [2.05, 4.69) is 69.0 Å². The van der Waals surface area contributed by atoms with E-state index < -0.39 is 0 Å². The average molecular weight is 444 g/mol. The van der Waals surface area contributed by atoms with E-state index in [0.29, 0.717) is 0 Å². The number of hydrogen-bond donors (Lipinski definition) is 2. The van der Waals surface area contributed by atoms with Crippen LogP contribution in [0.25, 0.3) is 11.1 Å². The molecule has 7 nitrogen and oxygen atoms in total. The van der Waals surface area contributed by atoms with E-state index in [-0.39, 0.29) is 16.1 Å². The normalized spacial score (nSPS) is 18.7. The van der Waals surface area contributed by atoms with Gasteiger partial charge in [0, 0.05) is 63.8 Å². The predicted octanol–water partition coefficient (Wildman–Crippen LogP) is 3.43. The molecule has 2 aliphatic rings. The lowest BCUT2D eigenvalue weighted by atomic mass is 9.85. The number of rotatable bonds is 5. The minimum Gasteiger partial charge on any atom is -0.369 e. The van der Waals surface area contributed by atoms with Gasteiger partial charge in [-0.25, -0.2) is 0 Å². The van der Waals surface area contributed by atoms with Gasteiger partial charge in [-0.05, 0) is 28.8 Å². The van der Waals surface area contributed by atoms with Gasteiger partial charge in [-0.3, -0.25) is 15.0 Å². The monoisotopic (exact) mass is 443 g/mol. The predicted molar refractivity (Wildman–Crippen MR) is 131 cm³/mol. The van der Waals surface area contributed by atoms with Crippen molar-refractivity contribution in [3.8, 4) is 11.1 Å². The molecule has 0 atom stereocenters. The molecule has 0 saturated carbocycles. The minimum absolute atomic E-state index is 0.102. The first-order valence-electron chi connectivity index (χ1n) is 11.5. The SMILES string of the molecule is O=[N+]([O-])c1ccc(N2CCN(C3(c4ccc(-c5ccccc5)cc4)CNCNC3)CC2)cc1. The zero-order valence-corrected chi connectivity index (χ0v) is 18.6. The lowest BCUT2D eigenvalue weighted by molar-refractivity contribution is -0.384. The van der Waals surface area contributed by atoms with Crippen LogP contribution in [-0.2, 0) is 5.54 Å². The van der Waals surface area contributed by atoms with Gasteiger partial charge in [-0.2, -0.15) is 0 Å². The topological polar surface area (TPSA) is 73.7 Å². The van der Waals surface area contributed by atoms with Crippen LogP contribution in [0.1, 0.15) is 5.56 Å². The molecule has 170 valence electrons.